The van der Waals surface area contributed by atoms with Gasteiger partial charge >= 0.3 is 0 Å². The van der Waals surface area contributed by atoms with Crippen molar-refractivity contribution in [3.63, 3.8) is 0 Å². The normalized spacial score (nSPS) is 11.5. The molecular weight excluding hydrogens is 442 g/mol. The summed E-state index contributed by atoms with van der Waals surface area (Å²) in [5, 5.41) is 8.65. The fourth-order valence-electron chi connectivity index (χ4n) is 5.14. The highest BCUT2D eigenvalue weighted by molar-refractivity contribution is 8.00. The summed E-state index contributed by atoms with van der Waals surface area (Å²) in [7, 11) is 0. The molecule has 0 amide bonds. The number of nitrogens with zero attached hydrogens (tertiary/aromatic N) is 1. The number of aromatic nitrogens is 1. The lowest BCUT2D eigenvalue weighted by molar-refractivity contribution is 1.43. The summed E-state index contributed by atoms with van der Waals surface area (Å²) in [6.07, 6.45) is 2.02. The van der Waals surface area contributed by atoms with Crippen LogP contribution in [0.15, 0.2) is 137 Å². The quantitative estimate of drug-likeness (QED) is 0.191. The van der Waals surface area contributed by atoms with E-state index in [9.17, 15) is 0 Å². The lowest BCUT2D eigenvalue weighted by atomic mass is 9.93. The van der Waals surface area contributed by atoms with Crippen LogP contribution in [-0.2, 0) is 0 Å². The molecule has 164 valence electrons. The van der Waals surface area contributed by atoms with Gasteiger partial charge in [0.1, 0.15) is 0 Å². The molecular formula is C33H21NS. The molecule has 0 atom stereocenters. The van der Waals surface area contributed by atoms with Crippen molar-refractivity contribution in [3.05, 3.63) is 128 Å². The van der Waals surface area contributed by atoms with Crippen molar-refractivity contribution in [3.8, 4) is 11.1 Å². The van der Waals surface area contributed by atoms with Crippen LogP contribution < -0.4 is 0 Å². The van der Waals surface area contributed by atoms with Crippen LogP contribution in [0.4, 0.5) is 0 Å². The van der Waals surface area contributed by atoms with Crippen LogP contribution in [0.2, 0.25) is 0 Å². The fourth-order valence-corrected chi connectivity index (χ4v) is 6.40. The monoisotopic (exact) mass is 463 g/mol. The number of hydrogen-bond acceptors (Lipinski definition) is 2. The van der Waals surface area contributed by atoms with Gasteiger partial charge < -0.3 is 0 Å². The molecule has 7 aromatic rings. The molecule has 0 N–H and O–H groups in total. The highest BCUT2D eigenvalue weighted by Crippen LogP contribution is 2.47. The first-order chi connectivity index (χ1) is 17.4. The van der Waals surface area contributed by atoms with Crippen LogP contribution >= 0.6 is 11.8 Å². The van der Waals surface area contributed by atoms with E-state index in [0.29, 0.717) is 0 Å². The number of fused-ring (bicyclic) bond motifs is 5. The Morgan fingerprint density at radius 2 is 1.11 bits per heavy atom. The third-order valence-corrected chi connectivity index (χ3v) is 7.93. The lowest BCUT2D eigenvalue weighted by Crippen LogP contribution is -1.93. The summed E-state index contributed by atoms with van der Waals surface area (Å²) < 4.78 is 0. The number of benzene rings is 6. The largest absolute Gasteiger partial charge is 0.255 e. The number of hydrogen-bond donors (Lipinski definition) is 0. The molecule has 0 aliphatic rings. The van der Waals surface area contributed by atoms with Crippen molar-refractivity contribution in [2.24, 2.45) is 0 Å². The topological polar surface area (TPSA) is 12.9 Å². The second-order valence-corrected chi connectivity index (χ2v) is 9.82. The van der Waals surface area contributed by atoms with E-state index in [1.165, 1.54) is 53.2 Å². The van der Waals surface area contributed by atoms with Gasteiger partial charge in [0.25, 0.3) is 0 Å². The minimum absolute atomic E-state index is 1.05. The standard InChI is InChI=1S/C33H21NS/c1-2-12-23(13-3-1)30-27-18-8-9-19-28(27)33(31-26-17-7-5-14-24(26)21-34-32(30)31)35-29-20-10-15-22-11-4-6-16-25(22)29/h1-21H. The molecule has 1 nitrogen and oxygen atoms in total. The van der Waals surface area contributed by atoms with Gasteiger partial charge in [0.05, 0.1) is 5.52 Å². The summed E-state index contributed by atoms with van der Waals surface area (Å²) >= 11 is 1.85. The second kappa shape index (κ2) is 8.26. The van der Waals surface area contributed by atoms with Gasteiger partial charge in [-0.25, -0.2) is 0 Å². The molecule has 0 radical (unpaired) electrons. The minimum atomic E-state index is 1.05. The maximum Gasteiger partial charge on any atom is 0.0804 e. The zero-order chi connectivity index (χ0) is 23.2. The Hall–Kier alpha value is -4.14. The van der Waals surface area contributed by atoms with Gasteiger partial charge in [-0.15, -0.1) is 0 Å². The summed E-state index contributed by atoms with van der Waals surface area (Å²) in [5.74, 6) is 0. The lowest BCUT2D eigenvalue weighted by Gasteiger charge is -2.18. The third-order valence-electron chi connectivity index (χ3n) is 6.73. The predicted octanol–water partition coefficient (Wildman–Crippen LogP) is 9.51. The molecule has 7 rings (SSSR count). The summed E-state index contributed by atoms with van der Waals surface area (Å²) in [4.78, 5) is 7.61. The smallest absolute Gasteiger partial charge is 0.0804 e. The molecule has 1 aromatic heterocycles. The molecule has 0 saturated heterocycles. The Morgan fingerprint density at radius 3 is 1.94 bits per heavy atom. The Bertz CT molecular complexity index is 1870. The molecule has 0 unspecified atom stereocenters. The average molecular weight is 464 g/mol. The van der Waals surface area contributed by atoms with Crippen molar-refractivity contribution in [1.29, 1.82) is 0 Å². The van der Waals surface area contributed by atoms with E-state index in [0.717, 1.165) is 10.9 Å². The van der Waals surface area contributed by atoms with Crippen molar-refractivity contribution in [2.45, 2.75) is 9.79 Å². The molecule has 0 fully saturated rings. The van der Waals surface area contributed by atoms with Gasteiger partial charge in [0, 0.05) is 32.3 Å². The Labute approximate surface area is 208 Å². The first-order valence-corrected chi connectivity index (χ1v) is 12.6. The van der Waals surface area contributed by atoms with E-state index in [2.05, 4.69) is 121 Å². The van der Waals surface area contributed by atoms with Crippen LogP contribution in [0, 0.1) is 0 Å². The molecule has 0 spiro atoms. The maximum absolute atomic E-state index is 5.09. The second-order valence-electron chi connectivity index (χ2n) is 8.76. The number of pyridine rings is 1. The molecule has 35 heavy (non-hydrogen) atoms. The summed E-state index contributed by atoms with van der Waals surface area (Å²) in [5.41, 5.74) is 3.44. The van der Waals surface area contributed by atoms with Crippen LogP contribution in [0.3, 0.4) is 0 Å². The van der Waals surface area contributed by atoms with Gasteiger partial charge in [-0.05, 0) is 38.6 Å². The van der Waals surface area contributed by atoms with E-state index in [4.69, 9.17) is 4.98 Å². The molecule has 1 heterocycles. The van der Waals surface area contributed by atoms with Gasteiger partial charge in [-0.2, -0.15) is 0 Å². The van der Waals surface area contributed by atoms with E-state index in [-0.39, 0.29) is 0 Å². The molecule has 0 bridgehead atoms. The van der Waals surface area contributed by atoms with E-state index in [1.54, 1.807) is 0 Å². The highest BCUT2D eigenvalue weighted by atomic mass is 32.2. The van der Waals surface area contributed by atoms with Crippen molar-refractivity contribution in [1.82, 2.24) is 4.98 Å². The average Bonchev–Trinajstić information content (AvgIpc) is 2.93. The zero-order valence-corrected chi connectivity index (χ0v) is 19.8. The molecule has 6 aromatic carbocycles. The van der Waals surface area contributed by atoms with Crippen molar-refractivity contribution < 1.29 is 0 Å². The molecule has 2 heteroatoms. The van der Waals surface area contributed by atoms with Crippen LogP contribution in [0.1, 0.15) is 0 Å². The van der Waals surface area contributed by atoms with Gasteiger partial charge in [-0.1, -0.05) is 127 Å². The van der Waals surface area contributed by atoms with Crippen molar-refractivity contribution in [2.75, 3.05) is 0 Å². The molecule has 0 saturated carbocycles. The fraction of sp³-hybridized carbons (Fsp3) is 0. The van der Waals surface area contributed by atoms with Gasteiger partial charge in [0.15, 0.2) is 0 Å². The molecule has 0 aliphatic carbocycles. The van der Waals surface area contributed by atoms with Crippen molar-refractivity contribution >= 4 is 55.0 Å². The third kappa shape index (κ3) is 3.30. The first-order valence-electron chi connectivity index (χ1n) is 11.8. The Kier molecular flexibility index (Phi) is 4.78. The minimum Gasteiger partial charge on any atom is -0.255 e. The molecule has 0 aliphatic heterocycles. The SMILES string of the molecule is c1ccc(-c2c3ccccc3c(Sc3cccc4ccccc34)c3c2ncc2ccccc23)cc1. The van der Waals surface area contributed by atoms with Gasteiger partial charge in [0.2, 0.25) is 0 Å². The highest BCUT2D eigenvalue weighted by Gasteiger charge is 2.19. The summed E-state index contributed by atoms with van der Waals surface area (Å²) in [6.45, 7) is 0. The van der Waals surface area contributed by atoms with Crippen LogP contribution in [0.5, 0.6) is 0 Å². The van der Waals surface area contributed by atoms with E-state index >= 15 is 0 Å². The van der Waals surface area contributed by atoms with E-state index in [1.807, 2.05) is 18.0 Å². The maximum atomic E-state index is 5.09. The zero-order valence-electron chi connectivity index (χ0n) is 19.0. The van der Waals surface area contributed by atoms with E-state index < -0.39 is 0 Å². The Balaban J connectivity index is 1.65. The Morgan fingerprint density at radius 1 is 0.486 bits per heavy atom. The predicted molar refractivity (Wildman–Crippen MR) is 150 cm³/mol. The first kappa shape index (κ1) is 20.3. The summed E-state index contributed by atoms with van der Waals surface area (Å²) in [6, 6.07) is 43.3. The number of rotatable bonds is 3. The van der Waals surface area contributed by atoms with Gasteiger partial charge in [-0.3, -0.25) is 4.98 Å². The van der Waals surface area contributed by atoms with Crippen LogP contribution in [0.25, 0.3) is 54.3 Å². The van der Waals surface area contributed by atoms with Crippen LogP contribution in [-0.4, -0.2) is 4.98 Å².